The minimum absolute atomic E-state index is 0.535. The summed E-state index contributed by atoms with van der Waals surface area (Å²) in [6, 6.07) is 26.7. The van der Waals surface area contributed by atoms with Crippen LogP contribution < -0.4 is 9.04 Å². The Balaban J connectivity index is 0.00000136. The maximum absolute atomic E-state index is 9.41. The third kappa shape index (κ3) is 5.80. The van der Waals surface area contributed by atoms with Crippen LogP contribution in [0.1, 0.15) is 30.5 Å². The van der Waals surface area contributed by atoms with Gasteiger partial charge in [0.15, 0.2) is 0 Å². The third-order valence-corrected chi connectivity index (χ3v) is 5.04. The summed E-state index contributed by atoms with van der Waals surface area (Å²) in [5.74, 6) is 0.594. The highest BCUT2D eigenvalue weighted by Crippen LogP contribution is 2.33. The molecule has 28 heavy (non-hydrogen) atoms. The highest BCUT2D eigenvalue weighted by molar-refractivity contribution is 8.00. The first-order chi connectivity index (χ1) is 13.7. The molecule has 0 aromatic heterocycles. The van der Waals surface area contributed by atoms with Gasteiger partial charge in [0.1, 0.15) is 11.8 Å². The summed E-state index contributed by atoms with van der Waals surface area (Å²) in [7, 11) is 1.58. The minimum Gasteiger partial charge on any atom is -0.495 e. The molecular formula is C24H26N2OS. The van der Waals surface area contributed by atoms with Gasteiger partial charge in [-0.3, -0.25) is 0 Å². The molecular weight excluding hydrogens is 364 g/mol. The first-order valence-corrected chi connectivity index (χ1v) is 10.1. The van der Waals surface area contributed by atoms with Gasteiger partial charge in [0.25, 0.3) is 0 Å². The van der Waals surface area contributed by atoms with E-state index in [-0.39, 0.29) is 0 Å². The molecule has 4 heteroatoms. The number of benzene rings is 3. The summed E-state index contributed by atoms with van der Waals surface area (Å²) in [4.78, 5) is 1.15. The molecule has 0 amide bonds. The maximum atomic E-state index is 9.41. The third-order valence-electron chi connectivity index (χ3n) is 4.00. The molecule has 0 aliphatic rings. The van der Waals surface area contributed by atoms with E-state index in [1.54, 1.807) is 19.1 Å². The lowest BCUT2D eigenvalue weighted by molar-refractivity contribution is 0.413. The van der Waals surface area contributed by atoms with E-state index in [0.717, 1.165) is 17.1 Å². The van der Waals surface area contributed by atoms with E-state index in [0.29, 0.717) is 11.3 Å². The zero-order valence-electron chi connectivity index (χ0n) is 16.8. The first kappa shape index (κ1) is 21.4. The lowest BCUT2D eigenvalue weighted by Gasteiger charge is -2.24. The number of ether oxygens (including phenoxy) is 1. The van der Waals surface area contributed by atoms with Gasteiger partial charge in [0.2, 0.25) is 0 Å². The average Bonchev–Trinajstić information content (AvgIpc) is 2.76. The predicted octanol–water partition coefficient (Wildman–Crippen LogP) is 6.62. The Kier molecular flexibility index (Phi) is 8.45. The molecule has 0 saturated heterocycles. The van der Waals surface area contributed by atoms with Gasteiger partial charge >= 0.3 is 0 Å². The molecule has 0 radical (unpaired) electrons. The minimum atomic E-state index is 0.535. The van der Waals surface area contributed by atoms with E-state index in [1.165, 1.54) is 11.1 Å². The lowest BCUT2D eigenvalue weighted by atomic mass is 10.1. The van der Waals surface area contributed by atoms with Gasteiger partial charge in [-0.25, -0.2) is 0 Å². The van der Waals surface area contributed by atoms with Crippen molar-refractivity contribution in [2.45, 2.75) is 32.2 Å². The van der Waals surface area contributed by atoms with Crippen LogP contribution in [0.15, 0.2) is 77.7 Å². The second-order valence-electron chi connectivity index (χ2n) is 5.92. The first-order valence-electron chi connectivity index (χ1n) is 9.34. The highest BCUT2D eigenvalue weighted by Gasteiger charge is 2.13. The Morgan fingerprint density at radius 2 is 1.64 bits per heavy atom. The molecule has 0 spiro atoms. The van der Waals surface area contributed by atoms with Crippen molar-refractivity contribution in [1.29, 1.82) is 5.26 Å². The number of hydrogen-bond acceptors (Lipinski definition) is 4. The highest BCUT2D eigenvalue weighted by atomic mass is 32.2. The van der Waals surface area contributed by atoms with Crippen LogP contribution in [0.3, 0.4) is 0 Å². The Bertz CT molecular complexity index is 902. The molecule has 3 aromatic rings. The largest absolute Gasteiger partial charge is 0.495 e. The average molecular weight is 391 g/mol. The fourth-order valence-electron chi connectivity index (χ4n) is 2.59. The second-order valence-corrected chi connectivity index (χ2v) is 7.02. The van der Waals surface area contributed by atoms with Crippen LogP contribution in [0.5, 0.6) is 5.75 Å². The van der Waals surface area contributed by atoms with Gasteiger partial charge in [0.05, 0.1) is 19.2 Å². The van der Waals surface area contributed by atoms with Crippen LogP contribution >= 0.6 is 11.9 Å². The smallest absolute Gasteiger partial charge is 0.136 e. The maximum Gasteiger partial charge on any atom is 0.136 e. The Morgan fingerprint density at radius 3 is 2.25 bits per heavy atom. The number of aryl methyl sites for hydroxylation is 1. The van der Waals surface area contributed by atoms with Gasteiger partial charge < -0.3 is 9.04 Å². The molecule has 0 N–H and O–H groups in total. The van der Waals surface area contributed by atoms with Crippen molar-refractivity contribution in [3.63, 3.8) is 0 Å². The zero-order valence-corrected chi connectivity index (χ0v) is 17.7. The Labute approximate surface area is 172 Å². The lowest BCUT2D eigenvalue weighted by Crippen LogP contribution is -2.14. The van der Waals surface area contributed by atoms with E-state index in [1.807, 2.05) is 50.2 Å². The molecule has 0 bridgehead atoms. The zero-order chi connectivity index (χ0) is 20.4. The SMILES string of the molecule is CC.COc1ccc(N(Cc2ccccc2)Sc2ccc(C)cc2)cc1C#N. The van der Waals surface area contributed by atoms with Crippen molar-refractivity contribution in [3.8, 4) is 11.8 Å². The van der Waals surface area contributed by atoms with E-state index in [4.69, 9.17) is 4.74 Å². The number of nitriles is 1. The van der Waals surface area contributed by atoms with Crippen LogP contribution in [0, 0.1) is 18.3 Å². The monoisotopic (exact) mass is 390 g/mol. The van der Waals surface area contributed by atoms with E-state index >= 15 is 0 Å². The van der Waals surface area contributed by atoms with Crippen molar-refractivity contribution in [2.24, 2.45) is 0 Å². The summed E-state index contributed by atoms with van der Waals surface area (Å²) in [6.07, 6.45) is 0. The fourth-order valence-corrected chi connectivity index (χ4v) is 3.54. The van der Waals surface area contributed by atoms with Crippen LogP contribution in [0.4, 0.5) is 5.69 Å². The number of hydrogen-bond donors (Lipinski definition) is 0. The molecule has 3 aromatic carbocycles. The standard InChI is InChI=1S/C22H20N2OS.C2H6/c1-17-8-11-21(12-9-17)26-24(16-18-6-4-3-5-7-18)20-10-13-22(25-2)19(14-20)15-23;1-2/h3-14H,16H2,1-2H3;1-2H3. The summed E-state index contributed by atoms with van der Waals surface area (Å²) in [5, 5.41) is 9.41. The van der Waals surface area contributed by atoms with Gasteiger partial charge in [-0.05, 0) is 54.8 Å². The van der Waals surface area contributed by atoms with Crippen molar-refractivity contribution in [2.75, 3.05) is 11.4 Å². The molecule has 3 nitrogen and oxygen atoms in total. The summed E-state index contributed by atoms with van der Waals surface area (Å²) < 4.78 is 7.47. The van der Waals surface area contributed by atoms with Crippen LogP contribution in [-0.4, -0.2) is 7.11 Å². The van der Waals surface area contributed by atoms with Gasteiger partial charge in [-0.15, -0.1) is 0 Å². The van der Waals surface area contributed by atoms with Gasteiger partial charge in [-0.2, -0.15) is 5.26 Å². The topological polar surface area (TPSA) is 36.3 Å². The molecule has 3 rings (SSSR count). The van der Waals surface area contributed by atoms with Gasteiger partial charge in [-0.1, -0.05) is 61.9 Å². The Morgan fingerprint density at radius 1 is 0.964 bits per heavy atom. The van der Waals surface area contributed by atoms with E-state index in [2.05, 4.69) is 53.7 Å². The van der Waals surface area contributed by atoms with Crippen molar-refractivity contribution in [3.05, 3.63) is 89.5 Å². The quantitative estimate of drug-likeness (QED) is 0.443. The fraction of sp³-hybridized carbons (Fsp3) is 0.208. The van der Waals surface area contributed by atoms with E-state index in [9.17, 15) is 5.26 Å². The molecule has 0 atom stereocenters. The van der Waals surface area contributed by atoms with Crippen molar-refractivity contribution >= 4 is 17.6 Å². The van der Waals surface area contributed by atoms with Gasteiger partial charge in [0, 0.05) is 10.6 Å². The molecule has 0 saturated carbocycles. The Hall–Kier alpha value is -2.90. The van der Waals surface area contributed by atoms with Crippen molar-refractivity contribution < 1.29 is 4.74 Å². The summed E-state index contributed by atoms with van der Waals surface area (Å²) in [5.41, 5.74) is 3.95. The molecule has 0 unspecified atom stereocenters. The molecule has 0 aliphatic carbocycles. The van der Waals surface area contributed by atoms with E-state index < -0.39 is 0 Å². The number of nitrogens with zero attached hydrogens (tertiary/aromatic N) is 2. The molecule has 0 heterocycles. The van der Waals surface area contributed by atoms with Crippen LogP contribution in [0.25, 0.3) is 0 Å². The summed E-state index contributed by atoms with van der Waals surface area (Å²) in [6.45, 7) is 6.81. The predicted molar refractivity (Wildman–Crippen MR) is 119 cm³/mol. The second kappa shape index (κ2) is 11.1. The number of methoxy groups -OCH3 is 1. The van der Waals surface area contributed by atoms with Crippen molar-refractivity contribution in [1.82, 2.24) is 0 Å². The molecule has 0 aliphatic heterocycles. The molecule has 144 valence electrons. The number of rotatable bonds is 6. The normalized spacial score (nSPS) is 9.68. The summed E-state index contributed by atoms with van der Waals surface area (Å²) >= 11 is 1.66. The molecule has 0 fully saturated rings. The van der Waals surface area contributed by atoms with Crippen LogP contribution in [0.2, 0.25) is 0 Å². The number of anilines is 1. The van der Waals surface area contributed by atoms with Crippen LogP contribution in [-0.2, 0) is 6.54 Å².